The molecule has 2 bridgehead atoms. The molecule has 0 aromatic carbocycles. The van der Waals surface area contributed by atoms with Gasteiger partial charge in [0.05, 0.1) is 0 Å². The van der Waals surface area contributed by atoms with Crippen molar-refractivity contribution in [2.45, 2.75) is 70.1 Å². The lowest BCUT2D eigenvalue weighted by molar-refractivity contribution is -0.140. The number of urea groups is 1. The number of piperidine rings is 2. The zero-order valence-electron chi connectivity index (χ0n) is 13.1. The fourth-order valence-electron chi connectivity index (χ4n) is 3.62. The molecule has 2 amide bonds. The summed E-state index contributed by atoms with van der Waals surface area (Å²) < 4.78 is 0. The molecule has 0 aliphatic carbocycles. The summed E-state index contributed by atoms with van der Waals surface area (Å²) in [6.45, 7) is 3.58. The fourth-order valence-corrected chi connectivity index (χ4v) is 3.62. The second kappa shape index (κ2) is 6.64. The van der Waals surface area contributed by atoms with Crippen LogP contribution >= 0.6 is 0 Å². The number of carbonyl (C=O) groups is 2. The van der Waals surface area contributed by atoms with E-state index in [0.717, 1.165) is 12.8 Å². The molecule has 2 saturated heterocycles. The van der Waals surface area contributed by atoms with Gasteiger partial charge in [-0.05, 0) is 38.6 Å². The highest BCUT2D eigenvalue weighted by atomic mass is 16.4. The van der Waals surface area contributed by atoms with Crippen LogP contribution in [0.2, 0.25) is 0 Å². The standard InChI is InChI=1S/C15H27N3O3/c1-9(2)13(14(19)20)17-15(21)16-10-7-11-5-4-6-12(8-10)18(11)3/h9-13H,4-8H2,1-3H3,(H,19,20)(H2,16,17,21)/t10?,11?,12?,13-/m0/s1. The van der Waals surface area contributed by atoms with Gasteiger partial charge in [0.25, 0.3) is 0 Å². The highest BCUT2D eigenvalue weighted by Gasteiger charge is 2.36. The number of carbonyl (C=O) groups excluding carboxylic acids is 1. The predicted molar refractivity (Wildman–Crippen MR) is 80.1 cm³/mol. The first kappa shape index (κ1) is 16.1. The third-order valence-electron chi connectivity index (χ3n) is 4.89. The van der Waals surface area contributed by atoms with Gasteiger partial charge in [0.15, 0.2) is 0 Å². The van der Waals surface area contributed by atoms with Crippen molar-refractivity contribution < 1.29 is 14.7 Å². The normalized spacial score (nSPS) is 30.8. The minimum Gasteiger partial charge on any atom is -0.480 e. The smallest absolute Gasteiger partial charge is 0.326 e. The molecule has 2 aliphatic rings. The van der Waals surface area contributed by atoms with Gasteiger partial charge in [0.2, 0.25) is 0 Å². The first-order valence-electron chi connectivity index (χ1n) is 7.90. The van der Waals surface area contributed by atoms with Crippen molar-refractivity contribution in [3.63, 3.8) is 0 Å². The molecule has 2 aliphatic heterocycles. The molecule has 3 N–H and O–H groups in total. The number of carboxylic acids is 1. The first-order valence-corrected chi connectivity index (χ1v) is 7.90. The quantitative estimate of drug-likeness (QED) is 0.733. The molecular formula is C15H27N3O3. The van der Waals surface area contributed by atoms with Gasteiger partial charge in [-0.15, -0.1) is 0 Å². The monoisotopic (exact) mass is 297 g/mol. The van der Waals surface area contributed by atoms with Gasteiger partial charge in [0, 0.05) is 18.1 Å². The number of fused-ring (bicyclic) bond motifs is 2. The van der Waals surface area contributed by atoms with Crippen LogP contribution in [0.25, 0.3) is 0 Å². The van der Waals surface area contributed by atoms with Crippen LogP contribution in [0, 0.1) is 5.92 Å². The van der Waals surface area contributed by atoms with Crippen LogP contribution in [-0.4, -0.2) is 53.2 Å². The summed E-state index contributed by atoms with van der Waals surface area (Å²) in [7, 11) is 2.17. The lowest BCUT2D eigenvalue weighted by Gasteiger charge is -2.47. The maximum absolute atomic E-state index is 12.0. The van der Waals surface area contributed by atoms with Crippen LogP contribution in [-0.2, 0) is 4.79 Å². The fraction of sp³-hybridized carbons (Fsp3) is 0.867. The van der Waals surface area contributed by atoms with Crippen LogP contribution < -0.4 is 10.6 Å². The number of nitrogens with one attached hydrogen (secondary N) is 2. The lowest BCUT2D eigenvalue weighted by atomic mass is 9.82. The zero-order chi connectivity index (χ0) is 15.6. The molecule has 2 fully saturated rings. The van der Waals surface area contributed by atoms with E-state index in [0.29, 0.717) is 12.1 Å². The van der Waals surface area contributed by atoms with Gasteiger partial charge in [0.1, 0.15) is 6.04 Å². The minimum atomic E-state index is -0.986. The SMILES string of the molecule is CC(C)[C@H](NC(=O)NC1CC2CCCC(C1)N2C)C(=O)O. The van der Waals surface area contributed by atoms with Crippen LogP contribution in [0.5, 0.6) is 0 Å². The first-order chi connectivity index (χ1) is 9.88. The van der Waals surface area contributed by atoms with Crippen molar-refractivity contribution in [2.24, 2.45) is 5.92 Å². The molecule has 3 atom stereocenters. The zero-order valence-corrected chi connectivity index (χ0v) is 13.1. The van der Waals surface area contributed by atoms with Crippen molar-refractivity contribution in [2.75, 3.05) is 7.05 Å². The maximum Gasteiger partial charge on any atom is 0.326 e. The maximum atomic E-state index is 12.0. The third-order valence-corrected chi connectivity index (χ3v) is 4.89. The molecule has 6 nitrogen and oxygen atoms in total. The van der Waals surface area contributed by atoms with Crippen molar-refractivity contribution in [1.29, 1.82) is 0 Å². The van der Waals surface area contributed by atoms with Crippen LogP contribution in [0.4, 0.5) is 4.79 Å². The third kappa shape index (κ3) is 3.87. The van der Waals surface area contributed by atoms with E-state index in [1.807, 2.05) is 0 Å². The number of nitrogens with zero attached hydrogens (tertiary/aromatic N) is 1. The second-order valence-corrected chi connectivity index (χ2v) is 6.75. The van der Waals surface area contributed by atoms with Gasteiger partial charge in [-0.1, -0.05) is 20.3 Å². The summed E-state index contributed by atoms with van der Waals surface area (Å²) in [6, 6.07) is 0.0453. The number of amides is 2. The second-order valence-electron chi connectivity index (χ2n) is 6.75. The summed E-state index contributed by atoms with van der Waals surface area (Å²) in [5, 5.41) is 14.7. The topological polar surface area (TPSA) is 81.7 Å². The minimum absolute atomic E-state index is 0.134. The summed E-state index contributed by atoms with van der Waals surface area (Å²) in [4.78, 5) is 25.6. The highest BCUT2D eigenvalue weighted by Crippen LogP contribution is 2.32. The number of aliphatic carboxylic acids is 1. The number of hydrogen-bond donors (Lipinski definition) is 3. The predicted octanol–water partition coefficient (Wildman–Crippen LogP) is 1.41. The number of rotatable bonds is 4. The van der Waals surface area contributed by atoms with Gasteiger partial charge >= 0.3 is 12.0 Å². The molecule has 120 valence electrons. The Bertz CT molecular complexity index is 386. The molecule has 2 rings (SSSR count). The number of carboxylic acid groups (broad SMARTS) is 1. The van der Waals surface area contributed by atoms with Crippen LogP contribution in [0.1, 0.15) is 46.0 Å². The highest BCUT2D eigenvalue weighted by molar-refractivity contribution is 5.82. The van der Waals surface area contributed by atoms with Crippen LogP contribution in [0.3, 0.4) is 0 Å². The van der Waals surface area contributed by atoms with E-state index < -0.39 is 12.0 Å². The molecule has 21 heavy (non-hydrogen) atoms. The molecule has 2 heterocycles. The van der Waals surface area contributed by atoms with E-state index in [4.69, 9.17) is 5.11 Å². The Labute approximate surface area is 126 Å². The van der Waals surface area contributed by atoms with E-state index in [-0.39, 0.29) is 18.0 Å². The summed E-state index contributed by atoms with van der Waals surface area (Å²) in [6.07, 6.45) is 5.57. The Morgan fingerprint density at radius 2 is 1.76 bits per heavy atom. The molecule has 2 unspecified atom stereocenters. The van der Waals surface area contributed by atoms with E-state index in [9.17, 15) is 9.59 Å². The van der Waals surface area contributed by atoms with E-state index in [1.54, 1.807) is 13.8 Å². The molecule has 6 heteroatoms. The average Bonchev–Trinajstić information content (AvgIpc) is 2.36. The van der Waals surface area contributed by atoms with Gasteiger partial charge in [-0.2, -0.15) is 0 Å². The largest absolute Gasteiger partial charge is 0.480 e. The van der Waals surface area contributed by atoms with Crippen LogP contribution in [0.15, 0.2) is 0 Å². The van der Waals surface area contributed by atoms with Crippen molar-refractivity contribution in [3.05, 3.63) is 0 Å². The van der Waals surface area contributed by atoms with Gasteiger partial charge < -0.3 is 20.6 Å². The summed E-state index contributed by atoms with van der Waals surface area (Å²) >= 11 is 0. The van der Waals surface area contributed by atoms with E-state index >= 15 is 0 Å². The Morgan fingerprint density at radius 3 is 2.24 bits per heavy atom. The van der Waals surface area contributed by atoms with E-state index in [2.05, 4.69) is 22.6 Å². The summed E-state index contributed by atoms with van der Waals surface area (Å²) in [5.41, 5.74) is 0. The van der Waals surface area contributed by atoms with E-state index in [1.165, 1.54) is 19.3 Å². The molecule has 0 spiro atoms. The van der Waals surface area contributed by atoms with Crippen molar-refractivity contribution in [1.82, 2.24) is 15.5 Å². The Hall–Kier alpha value is -1.30. The molecule has 0 radical (unpaired) electrons. The van der Waals surface area contributed by atoms with Gasteiger partial charge in [-0.25, -0.2) is 9.59 Å². The summed E-state index contributed by atoms with van der Waals surface area (Å²) in [5.74, 6) is -1.12. The molecular weight excluding hydrogens is 270 g/mol. The Balaban J connectivity index is 1.87. The molecule has 0 saturated carbocycles. The van der Waals surface area contributed by atoms with Gasteiger partial charge in [-0.3, -0.25) is 0 Å². The Kier molecular flexibility index (Phi) is 5.08. The number of hydrogen-bond acceptors (Lipinski definition) is 3. The Morgan fingerprint density at radius 1 is 1.19 bits per heavy atom. The van der Waals surface area contributed by atoms with Crippen molar-refractivity contribution >= 4 is 12.0 Å². The molecule has 0 aromatic rings. The lowest BCUT2D eigenvalue weighted by Crippen LogP contribution is -2.58. The average molecular weight is 297 g/mol. The van der Waals surface area contributed by atoms with Crippen molar-refractivity contribution in [3.8, 4) is 0 Å². The molecule has 0 aromatic heterocycles.